The van der Waals surface area contributed by atoms with Crippen LogP contribution in [-0.2, 0) is 0 Å². The van der Waals surface area contributed by atoms with E-state index in [-0.39, 0.29) is 10.1 Å². The van der Waals surface area contributed by atoms with Gasteiger partial charge in [-0.25, -0.2) is 0 Å². The standard InChI is InChI=1S/C11H26S2Si.H2O/c1-8(2)14(9(3)4,10(5)6)7-11(12)13;/h8-13H,7H2,1-6H3;1H2. The molecule has 0 heterocycles. The second kappa shape index (κ2) is 7.25. The van der Waals surface area contributed by atoms with Gasteiger partial charge in [-0.3, -0.25) is 0 Å². The molecule has 0 aromatic rings. The van der Waals surface area contributed by atoms with Crippen LogP contribution in [0.25, 0.3) is 0 Å². The van der Waals surface area contributed by atoms with E-state index in [2.05, 4.69) is 66.8 Å². The van der Waals surface area contributed by atoms with Crippen LogP contribution in [0.15, 0.2) is 0 Å². The van der Waals surface area contributed by atoms with Gasteiger partial charge in [-0.1, -0.05) is 58.2 Å². The molecule has 0 fully saturated rings. The first-order chi connectivity index (χ1) is 6.25. The van der Waals surface area contributed by atoms with Gasteiger partial charge in [0.1, 0.15) is 0 Å². The number of hydrogen-bond donors (Lipinski definition) is 2. The van der Waals surface area contributed by atoms with Crippen molar-refractivity contribution in [1.29, 1.82) is 0 Å². The van der Waals surface area contributed by atoms with Crippen molar-refractivity contribution in [2.75, 3.05) is 0 Å². The molecule has 0 radical (unpaired) electrons. The summed E-state index contributed by atoms with van der Waals surface area (Å²) in [5, 5.41) is 0. The van der Waals surface area contributed by atoms with Gasteiger partial charge in [-0.2, -0.15) is 25.3 Å². The fourth-order valence-electron chi connectivity index (χ4n) is 3.02. The van der Waals surface area contributed by atoms with Gasteiger partial charge in [-0.15, -0.1) is 0 Å². The molecule has 0 atom stereocenters. The van der Waals surface area contributed by atoms with E-state index in [1.54, 1.807) is 0 Å². The molecule has 2 N–H and O–H groups in total. The smallest absolute Gasteiger partial charge is 0.0631 e. The molecule has 0 aliphatic carbocycles. The Kier molecular flexibility index (Phi) is 8.82. The van der Waals surface area contributed by atoms with Crippen LogP contribution in [0.1, 0.15) is 41.5 Å². The second-order valence-corrected chi connectivity index (χ2v) is 13.0. The van der Waals surface area contributed by atoms with Crippen molar-refractivity contribution in [3.8, 4) is 0 Å². The van der Waals surface area contributed by atoms with E-state index in [1.165, 1.54) is 6.04 Å². The summed E-state index contributed by atoms with van der Waals surface area (Å²) in [7, 11) is -1.24. The van der Waals surface area contributed by atoms with Gasteiger partial charge in [0.15, 0.2) is 0 Å². The van der Waals surface area contributed by atoms with E-state index < -0.39 is 8.07 Å². The SMILES string of the molecule is CC(C)[Si](CC(S)S)(C(C)C)C(C)C.O. The molecule has 0 aromatic heterocycles. The molecule has 0 rings (SSSR count). The van der Waals surface area contributed by atoms with Gasteiger partial charge < -0.3 is 5.48 Å². The molecule has 0 spiro atoms. The van der Waals surface area contributed by atoms with Crippen molar-refractivity contribution in [3.63, 3.8) is 0 Å². The highest BCUT2D eigenvalue weighted by Crippen LogP contribution is 2.46. The van der Waals surface area contributed by atoms with Crippen LogP contribution in [0.3, 0.4) is 0 Å². The molecule has 4 heteroatoms. The molecule has 0 aromatic carbocycles. The summed E-state index contributed by atoms with van der Waals surface area (Å²) in [6.45, 7) is 14.3. The Morgan fingerprint density at radius 3 is 1.13 bits per heavy atom. The van der Waals surface area contributed by atoms with Gasteiger partial charge >= 0.3 is 0 Å². The van der Waals surface area contributed by atoms with E-state index >= 15 is 0 Å². The Hall–Kier alpha value is 0.877. The first kappa shape index (κ1) is 18.2. The lowest BCUT2D eigenvalue weighted by Crippen LogP contribution is -2.45. The van der Waals surface area contributed by atoms with Gasteiger partial charge in [0.2, 0.25) is 0 Å². The maximum absolute atomic E-state index is 4.47. The van der Waals surface area contributed by atoms with Crippen molar-refractivity contribution in [2.45, 2.75) is 68.8 Å². The second-order valence-electron chi connectivity index (χ2n) is 5.26. The van der Waals surface area contributed by atoms with E-state index in [4.69, 9.17) is 0 Å². The predicted molar refractivity (Wildman–Crippen MR) is 81.2 cm³/mol. The third-order valence-electron chi connectivity index (χ3n) is 3.76. The van der Waals surface area contributed by atoms with E-state index in [0.717, 1.165) is 16.6 Å². The third kappa shape index (κ3) is 4.33. The molecular weight excluding hydrogens is 240 g/mol. The fraction of sp³-hybridized carbons (Fsp3) is 1.00. The first-order valence-electron chi connectivity index (χ1n) is 5.61. The molecular formula is C11H28OS2Si. The first-order valence-corrected chi connectivity index (χ1v) is 9.08. The lowest BCUT2D eigenvalue weighted by Gasteiger charge is -2.44. The van der Waals surface area contributed by atoms with Crippen molar-refractivity contribution in [2.24, 2.45) is 0 Å². The summed E-state index contributed by atoms with van der Waals surface area (Å²) in [4.78, 5) is 0. The Labute approximate surface area is 108 Å². The fourth-order valence-corrected chi connectivity index (χ4v) is 11.0. The Morgan fingerprint density at radius 2 is 1.07 bits per heavy atom. The minimum atomic E-state index is -1.24. The minimum Gasteiger partial charge on any atom is -0.412 e. The Bertz CT molecular complexity index is 148. The molecule has 0 amide bonds. The summed E-state index contributed by atoms with van der Waals surface area (Å²) in [5.74, 6) is 0. The lowest BCUT2D eigenvalue weighted by atomic mass is 10.5. The maximum Gasteiger partial charge on any atom is 0.0631 e. The highest BCUT2D eigenvalue weighted by atomic mass is 32.2. The highest BCUT2D eigenvalue weighted by Gasteiger charge is 2.42. The maximum atomic E-state index is 4.47. The van der Waals surface area contributed by atoms with Crippen molar-refractivity contribution in [3.05, 3.63) is 0 Å². The summed E-state index contributed by atoms with van der Waals surface area (Å²) < 4.78 is 0.258. The predicted octanol–water partition coefficient (Wildman–Crippen LogP) is 4.03. The molecule has 0 saturated heterocycles. The van der Waals surface area contributed by atoms with E-state index in [0.29, 0.717) is 0 Å². The van der Waals surface area contributed by atoms with Crippen LogP contribution in [0, 0.1) is 0 Å². The van der Waals surface area contributed by atoms with Gasteiger partial charge in [0.25, 0.3) is 0 Å². The third-order valence-corrected chi connectivity index (χ3v) is 12.4. The quantitative estimate of drug-likeness (QED) is 0.429. The van der Waals surface area contributed by atoms with Gasteiger partial charge in [0, 0.05) is 4.58 Å². The molecule has 0 bridgehead atoms. The van der Waals surface area contributed by atoms with Crippen LogP contribution < -0.4 is 0 Å². The minimum absolute atomic E-state index is 0. The van der Waals surface area contributed by atoms with Crippen LogP contribution in [0.4, 0.5) is 0 Å². The summed E-state index contributed by atoms with van der Waals surface area (Å²) in [5.41, 5.74) is 2.47. The highest BCUT2D eigenvalue weighted by molar-refractivity contribution is 7.99. The number of hydrogen-bond acceptors (Lipinski definition) is 2. The Morgan fingerprint density at radius 1 is 0.800 bits per heavy atom. The number of rotatable bonds is 5. The lowest BCUT2D eigenvalue weighted by molar-refractivity contribution is 0.801. The molecule has 1 nitrogen and oxygen atoms in total. The number of thiol groups is 2. The van der Waals surface area contributed by atoms with Gasteiger partial charge in [0.05, 0.1) is 8.07 Å². The normalized spacial score (nSPS) is 12.8. The molecule has 15 heavy (non-hydrogen) atoms. The van der Waals surface area contributed by atoms with Crippen LogP contribution >= 0.6 is 25.3 Å². The van der Waals surface area contributed by atoms with Crippen molar-refractivity contribution < 1.29 is 5.48 Å². The zero-order chi connectivity index (χ0) is 11.5. The van der Waals surface area contributed by atoms with Gasteiger partial charge in [-0.05, 0) is 6.04 Å². The zero-order valence-electron chi connectivity index (χ0n) is 10.9. The molecule has 0 aliphatic rings. The average molecular weight is 269 g/mol. The van der Waals surface area contributed by atoms with Crippen LogP contribution in [0.5, 0.6) is 0 Å². The summed E-state index contributed by atoms with van der Waals surface area (Å²) in [6.07, 6.45) is 0. The Balaban J connectivity index is 0. The zero-order valence-corrected chi connectivity index (χ0v) is 13.7. The van der Waals surface area contributed by atoms with Crippen molar-refractivity contribution in [1.82, 2.24) is 0 Å². The monoisotopic (exact) mass is 268 g/mol. The van der Waals surface area contributed by atoms with Crippen LogP contribution in [0.2, 0.25) is 22.7 Å². The molecule has 0 unspecified atom stereocenters. The van der Waals surface area contributed by atoms with Crippen molar-refractivity contribution >= 4 is 33.3 Å². The molecule has 0 aliphatic heterocycles. The molecule has 94 valence electrons. The topological polar surface area (TPSA) is 31.5 Å². The van der Waals surface area contributed by atoms with E-state index in [9.17, 15) is 0 Å². The van der Waals surface area contributed by atoms with E-state index in [1.807, 2.05) is 0 Å². The largest absolute Gasteiger partial charge is 0.412 e. The average Bonchev–Trinajstić information content (AvgIpc) is 1.97. The summed E-state index contributed by atoms with van der Waals surface area (Å²) in [6, 6.07) is 1.23. The summed E-state index contributed by atoms with van der Waals surface area (Å²) >= 11 is 8.95. The van der Waals surface area contributed by atoms with Crippen LogP contribution in [-0.4, -0.2) is 18.1 Å². The molecule has 0 saturated carbocycles.